The first-order valence-corrected chi connectivity index (χ1v) is 3.80. The first-order chi connectivity index (χ1) is 4.11. The van der Waals surface area contributed by atoms with Gasteiger partial charge in [-0.2, -0.15) is 0 Å². The van der Waals surface area contributed by atoms with Crippen molar-refractivity contribution in [3.63, 3.8) is 0 Å². The van der Waals surface area contributed by atoms with E-state index in [2.05, 4.69) is 26.8 Å². The van der Waals surface area contributed by atoms with Gasteiger partial charge in [0.05, 0.1) is 0 Å². The average molecular weight is 140 g/mol. The predicted molar refractivity (Wildman–Crippen MR) is 48.1 cm³/mol. The molecule has 0 saturated carbocycles. The lowest BCUT2D eigenvalue weighted by molar-refractivity contribution is 0.489. The Labute approximate surface area is 65.3 Å². The Hall–Kier alpha value is -0.260. The molecule has 0 radical (unpaired) electrons. The Morgan fingerprint density at radius 3 is 2.10 bits per heavy atom. The van der Waals surface area contributed by atoms with Crippen LogP contribution in [0.3, 0.4) is 0 Å². The van der Waals surface area contributed by atoms with Gasteiger partial charge in [0.1, 0.15) is 0 Å². The van der Waals surface area contributed by atoms with Crippen molar-refractivity contribution in [2.75, 3.05) is 0 Å². The summed E-state index contributed by atoms with van der Waals surface area (Å²) in [6.45, 7) is 6.89. The fourth-order valence-electron chi connectivity index (χ4n) is 1.35. The van der Waals surface area contributed by atoms with Crippen LogP contribution in [0.4, 0.5) is 0 Å². The molecular formula is C10H20. The van der Waals surface area contributed by atoms with E-state index in [-0.39, 0.29) is 7.43 Å². The zero-order valence-corrected chi connectivity index (χ0v) is 6.70. The van der Waals surface area contributed by atoms with Crippen LogP contribution in [-0.4, -0.2) is 0 Å². The van der Waals surface area contributed by atoms with Gasteiger partial charge in [-0.25, -0.2) is 0 Å². The van der Waals surface area contributed by atoms with Crippen LogP contribution < -0.4 is 0 Å². The minimum Gasteiger partial charge on any atom is -0.0848 e. The maximum atomic E-state index is 2.40. The summed E-state index contributed by atoms with van der Waals surface area (Å²) in [4.78, 5) is 0. The van der Waals surface area contributed by atoms with Crippen molar-refractivity contribution in [3.05, 3.63) is 11.6 Å². The van der Waals surface area contributed by atoms with Crippen molar-refractivity contribution in [1.82, 2.24) is 0 Å². The first kappa shape index (κ1) is 9.74. The van der Waals surface area contributed by atoms with Crippen molar-refractivity contribution >= 4 is 0 Å². The Morgan fingerprint density at radius 1 is 1.30 bits per heavy atom. The molecule has 0 atom stereocenters. The quantitative estimate of drug-likeness (QED) is 0.449. The second-order valence-electron chi connectivity index (χ2n) is 3.87. The molecule has 0 unspecified atom stereocenters. The minimum atomic E-state index is 0. The third kappa shape index (κ3) is 2.17. The lowest BCUT2D eigenvalue weighted by Crippen LogP contribution is -2.06. The highest BCUT2D eigenvalue weighted by atomic mass is 14.2. The molecule has 1 rings (SSSR count). The van der Waals surface area contributed by atoms with Crippen LogP contribution in [-0.2, 0) is 0 Å². The highest BCUT2D eigenvalue weighted by Gasteiger charge is 2.18. The van der Waals surface area contributed by atoms with Gasteiger partial charge in [-0.3, -0.25) is 0 Å². The molecule has 0 N–H and O–H groups in total. The largest absolute Gasteiger partial charge is 0.0848 e. The van der Waals surface area contributed by atoms with E-state index in [9.17, 15) is 0 Å². The summed E-state index contributed by atoms with van der Waals surface area (Å²) < 4.78 is 0. The fraction of sp³-hybridized carbons (Fsp3) is 0.800. The molecule has 0 nitrogen and oxygen atoms in total. The van der Waals surface area contributed by atoms with Gasteiger partial charge in [0, 0.05) is 0 Å². The van der Waals surface area contributed by atoms with E-state index < -0.39 is 0 Å². The molecule has 10 heavy (non-hydrogen) atoms. The Morgan fingerprint density at radius 2 is 1.90 bits per heavy atom. The lowest BCUT2D eigenvalue weighted by Gasteiger charge is -2.19. The second kappa shape index (κ2) is 3.23. The van der Waals surface area contributed by atoms with Crippen LogP contribution in [0, 0.1) is 5.41 Å². The molecule has 0 saturated heterocycles. The van der Waals surface area contributed by atoms with Gasteiger partial charge in [-0.05, 0) is 24.7 Å². The summed E-state index contributed by atoms with van der Waals surface area (Å²) in [5.41, 5.74) is 2.10. The standard InChI is InChI=1S/C9H16.CH4/c1-9(2,3)8-6-4-5-7-8;/h6H,4-5,7H2,1-3H3;1H4. The highest BCUT2D eigenvalue weighted by molar-refractivity contribution is 5.14. The summed E-state index contributed by atoms with van der Waals surface area (Å²) in [6, 6.07) is 0. The molecule has 0 aromatic heterocycles. The molecule has 0 bridgehead atoms. The average Bonchev–Trinajstić information content (AvgIpc) is 2.08. The van der Waals surface area contributed by atoms with Gasteiger partial charge in [0.25, 0.3) is 0 Å². The van der Waals surface area contributed by atoms with Crippen LogP contribution in [0.25, 0.3) is 0 Å². The molecule has 0 spiro atoms. The summed E-state index contributed by atoms with van der Waals surface area (Å²) in [5, 5.41) is 0. The SMILES string of the molecule is C.CC(C)(C)C1=CCCC1. The lowest BCUT2D eigenvalue weighted by atomic mass is 9.86. The van der Waals surface area contributed by atoms with Gasteiger partial charge in [-0.15, -0.1) is 0 Å². The zero-order valence-electron chi connectivity index (χ0n) is 6.70. The summed E-state index contributed by atoms with van der Waals surface area (Å²) >= 11 is 0. The summed E-state index contributed by atoms with van der Waals surface area (Å²) in [7, 11) is 0. The Balaban J connectivity index is 0.000000810. The van der Waals surface area contributed by atoms with Crippen molar-refractivity contribution in [2.45, 2.75) is 47.5 Å². The van der Waals surface area contributed by atoms with Crippen LogP contribution in [0.1, 0.15) is 47.5 Å². The van der Waals surface area contributed by atoms with E-state index in [1.807, 2.05) is 0 Å². The van der Waals surface area contributed by atoms with Crippen LogP contribution in [0.5, 0.6) is 0 Å². The number of allylic oxidation sites excluding steroid dienone is 2. The van der Waals surface area contributed by atoms with E-state index in [1.165, 1.54) is 19.3 Å². The van der Waals surface area contributed by atoms with Gasteiger partial charge in [0.2, 0.25) is 0 Å². The number of hydrogen-bond donors (Lipinski definition) is 0. The van der Waals surface area contributed by atoms with Crippen LogP contribution >= 0.6 is 0 Å². The van der Waals surface area contributed by atoms with E-state index in [4.69, 9.17) is 0 Å². The molecule has 60 valence electrons. The third-order valence-corrected chi connectivity index (χ3v) is 2.00. The van der Waals surface area contributed by atoms with Gasteiger partial charge in [0.15, 0.2) is 0 Å². The Bertz CT molecular complexity index is 123. The zero-order chi connectivity index (χ0) is 6.91. The third-order valence-electron chi connectivity index (χ3n) is 2.00. The molecule has 0 heteroatoms. The maximum Gasteiger partial charge on any atom is -0.0173 e. The van der Waals surface area contributed by atoms with Gasteiger partial charge >= 0.3 is 0 Å². The monoisotopic (exact) mass is 140 g/mol. The van der Waals surface area contributed by atoms with Gasteiger partial charge in [-0.1, -0.05) is 39.8 Å². The highest BCUT2D eigenvalue weighted by Crippen LogP contribution is 2.33. The number of rotatable bonds is 0. The molecule has 0 heterocycles. The smallest absolute Gasteiger partial charge is 0.0173 e. The molecule has 1 aliphatic rings. The molecule has 0 fully saturated rings. The molecular weight excluding hydrogens is 120 g/mol. The molecule has 1 aliphatic carbocycles. The number of hydrogen-bond acceptors (Lipinski definition) is 0. The minimum absolute atomic E-state index is 0. The topological polar surface area (TPSA) is 0 Å². The normalized spacial score (nSPS) is 18.1. The molecule has 0 amide bonds. The molecule has 0 aromatic carbocycles. The maximum absolute atomic E-state index is 2.40. The van der Waals surface area contributed by atoms with Crippen molar-refractivity contribution in [1.29, 1.82) is 0 Å². The van der Waals surface area contributed by atoms with E-state index in [0.29, 0.717) is 5.41 Å². The van der Waals surface area contributed by atoms with Crippen LogP contribution in [0.15, 0.2) is 11.6 Å². The van der Waals surface area contributed by atoms with E-state index >= 15 is 0 Å². The van der Waals surface area contributed by atoms with Crippen molar-refractivity contribution in [3.8, 4) is 0 Å². The van der Waals surface area contributed by atoms with Crippen molar-refractivity contribution < 1.29 is 0 Å². The molecule has 0 aliphatic heterocycles. The van der Waals surface area contributed by atoms with Crippen LogP contribution in [0.2, 0.25) is 0 Å². The first-order valence-electron chi connectivity index (χ1n) is 3.80. The predicted octanol–water partition coefficient (Wildman–Crippen LogP) is 3.78. The summed E-state index contributed by atoms with van der Waals surface area (Å²) in [6.07, 6.45) is 6.43. The second-order valence-corrected chi connectivity index (χ2v) is 3.87. The van der Waals surface area contributed by atoms with E-state index in [1.54, 1.807) is 5.57 Å². The fourth-order valence-corrected chi connectivity index (χ4v) is 1.35. The molecule has 0 aromatic rings. The summed E-state index contributed by atoms with van der Waals surface area (Å²) in [5.74, 6) is 0. The van der Waals surface area contributed by atoms with E-state index in [0.717, 1.165) is 0 Å². The van der Waals surface area contributed by atoms with Crippen molar-refractivity contribution in [2.24, 2.45) is 5.41 Å². The Kier molecular flexibility index (Phi) is 3.14. The van der Waals surface area contributed by atoms with Gasteiger partial charge < -0.3 is 0 Å².